The average Bonchev–Trinajstić information content (AvgIpc) is 2.36. The van der Waals surface area contributed by atoms with E-state index in [0.717, 1.165) is 12.1 Å². The molecule has 0 radical (unpaired) electrons. The molecule has 18 heavy (non-hydrogen) atoms. The fourth-order valence-corrected chi connectivity index (χ4v) is 1.19. The second kappa shape index (κ2) is 5.50. The number of nitro groups is 1. The van der Waals surface area contributed by atoms with E-state index in [9.17, 15) is 23.7 Å². The van der Waals surface area contributed by atoms with Crippen molar-refractivity contribution in [3.63, 3.8) is 0 Å². The Hall–Kier alpha value is -2.09. The quantitative estimate of drug-likeness (QED) is 0.609. The van der Waals surface area contributed by atoms with Gasteiger partial charge in [0.15, 0.2) is 0 Å². The second-order valence-corrected chi connectivity index (χ2v) is 3.47. The zero-order valence-corrected chi connectivity index (χ0v) is 9.10. The van der Waals surface area contributed by atoms with E-state index in [1.165, 1.54) is 12.1 Å². The lowest BCUT2D eigenvalue weighted by Gasteiger charge is -2.13. The molecule has 0 aromatic heterocycles. The van der Waals surface area contributed by atoms with Crippen LogP contribution in [0.25, 0.3) is 0 Å². The number of hydrogen-bond donors (Lipinski definition) is 2. The molecule has 0 fully saturated rings. The van der Waals surface area contributed by atoms with Crippen LogP contribution in [0.4, 0.5) is 14.5 Å². The van der Waals surface area contributed by atoms with Gasteiger partial charge in [-0.3, -0.25) is 14.9 Å². The van der Waals surface area contributed by atoms with Gasteiger partial charge in [-0.2, -0.15) is 0 Å². The molecule has 1 rings (SSSR count). The maximum absolute atomic E-state index is 12.7. The van der Waals surface area contributed by atoms with E-state index < -0.39 is 35.6 Å². The van der Waals surface area contributed by atoms with Gasteiger partial charge in [0.1, 0.15) is 12.2 Å². The van der Waals surface area contributed by atoms with Crippen LogP contribution in [-0.4, -0.2) is 35.0 Å². The molecule has 0 bridgehead atoms. The fourth-order valence-electron chi connectivity index (χ4n) is 1.19. The molecule has 2 N–H and O–H groups in total. The van der Waals surface area contributed by atoms with E-state index in [2.05, 4.69) is 0 Å². The van der Waals surface area contributed by atoms with Gasteiger partial charge in [-0.05, 0) is 6.07 Å². The number of nitrogens with one attached hydrogen (secondary N) is 1. The number of rotatable bonds is 5. The molecule has 0 heterocycles. The number of aliphatic hydroxyl groups excluding tert-OH is 1. The van der Waals surface area contributed by atoms with Crippen LogP contribution in [0.3, 0.4) is 0 Å². The monoisotopic (exact) mass is 260 g/mol. The Balaban J connectivity index is 2.82. The van der Waals surface area contributed by atoms with Gasteiger partial charge < -0.3 is 10.4 Å². The normalized spacial score (nSPS) is 11.1. The highest BCUT2D eigenvalue weighted by Crippen LogP contribution is 2.18. The lowest BCUT2D eigenvalue weighted by Crippen LogP contribution is -2.39. The van der Waals surface area contributed by atoms with Crippen molar-refractivity contribution in [1.29, 1.82) is 0 Å². The number of nitro benzene ring substituents is 1. The molecular formula is C10H10F2N2O4. The van der Waals surface area contributed by atoms with Crippen LogP contribution < -0.4 is 5.32 Å². The number of hydrogen-bond acceptors (Lipinski definition) is 4. The highest BCUT2D eigenvalue weighted by atomic mass is 19.3. The molecule has 98 valence electrons. The highest BCUT2D eigenvalue weighted by molar-refractivity contribution is 5.98. The fraction of sp³-hybridized carbons (Fsp3) is 0.300. The number of alkyl halides is 2. The maximum Gasteiger partial charge on any atom is 0.287 e. The van der Waals surface area contributed by atoms with E-state index in [4.69, 9.17) is 5.11 Å². The topological polar surface area (TPSA) is 92.5 Å². The molecule has 0 atom stereocenters. The molecule has 1 aromatic rings. The Morgan fingerprint density at radius 2 is 2.06 bits per heavy atom. The predicted molar refractivity (Wildman–Crippen MR) is 57.5 cm³/mol. The van der Waals surface area contributed by atoms with Crippen molar-refractivity contribution >= 4 is 11.6 Å². The molecule has 1 amide bonds. The first-order chi connectivity index (χ1) is 8.37. The van der Waals surface area contributed by atoms with Crippen LogP contribution in [0.15, 0.2) is 24.3 Å². The van der Waals surface area contributed by atoms with Crippen LogP contribution in [0, 0.1) is 10.1 Å². The summed E-state index contributed by atoms with van der Waals surface area (Å²) in [5, 5.41) is 20.8. The van der Waals surface area contributed by atoms with Gasteiger partial charge in [0.05, 0.1) is 11.5 Å². The summed E-state index contributed by atoms with van der Waals surface area (Å²) in [6.07, 6.45) is 0. The van der Waals surface area contributed by atoms with E-state index in [0.29, 0.717) is 0 Å². The third-order valence-corrected chi connectivity index (χ3v) is 2.08. The summed E-state index contributed by atoms with van der Waals surface area (Å²) in [5.74, 6) is -4.45. The molecule has 6 nitrogen and oxygen atoms in total. The Labute approximate surface area is 100 Å². The van der Waals surface area contributed by atoms with Crippen LogP contribution in [0.1, 0.15) is 10.4 Å². The Morgan fingerprint density at radius 3 is 2.61 bits per heavy atom. The molecular weight excluding hydrogens is 250 g/mol. The zero-order valence-electron chi connectivity index (χ0n) is 9.10. The van der Waals surface area contributed by atoms with Crippen LogP contribution in [0.2, 0.25) is 0 Å². The van der Waals surface area contributed by atoms with E-state index >= 15 is 0 Å². The van der Waals surface area contributed by atoms with Gasteiger partial charge in [-0.1, -0.05) is 12.1 Å². The van der Waals surface area contributed by atoms with Crippen LogP contribution in [0.5, 0.6) is 0 Å². The predicted octanol–water partition coefficient (Wildman–Crippen LogP) is 0.952. The minimum Gasteiger partial charge on any atom is -0.390 e. The lowest BCUT2D eigenvalue weighted by molar-refractivity contribution is -0.385. The van der Waals surface area contributed by atoms with Gasteiger partial charge in [0, 0.05) is 6.07 Å². The summed E-state index contributed by atoms with van der Waals surface area (Å²) in [7, 11) is 0. The van der Waals surface area contributed by atoms with Crippen molar-refractivity contribution in [3.05, 3.63) is 39.9 Å². The molecule has 0 saturated heterocycles. The Morgan fingerprint density at radius 1 is 1.44 bits per heavy atom. The number of benzene rings is 1. The number of para-hydroxylation sites is 1. The third-order valence-electron chi connectivity index (χ3n) is 2.08. The number of nitrogens with zero attached hydrogens (tertiary/aromatic N) is 1. The largest absolute Gasteiger partial charge is 0.390 e. The summed E-state index contributed by atoms with van der Waals surface area (Å²) in [4.78, 5) is 21.3. The summed E-state index contributed by atoms with van der Waals surface area (Å²) < 4.78 is 25.4. The van der Waals surface area contributed by atoms with E-state index in [1.54, 1.807) is 0 Å². The second-order valence-electron chi connectivity index (χ2n) is 3.47. The first-order valence-corrected chi connectivity index (χ1v) is 4.88. The van der Waals surface area contributed by atoms with Gasteiger partial charge in [0.25, 0.3) is 17.5 Å². The number of carbonyl (C=O) groups is 1. The van der Waals surface area contributed by atoms with Gasteiger partial charge in [-0.15, -0.1) is 0 Å². The van der Waals surface area contributed by atoms with Crippen molar-refractivity contribution in [2.75, 3.05) is 13.2 Å². The molecule has 0 spiro atoms. The van der Waals surface area contributed by atoms with Crippen molar-refractivity contribution in [3.8, 4) is 0 Å². The summed E-state index contributed by atoms with van der Waals surface area (Å²) in [6, 6.07) is 4.99. The minimum absolute atomic E-state index is 0.309. The molecule has 0 aliphatic heterocycles. The molecule has 0 unspecified atom stereocenters. The van der Waals surface area contributed by atoms with Crippen molar-refractivity contribution in [1.82, 2.24) is 5.32 Å². The number of amides is 1. The van der Waals surface area contributed by atoms with Gasteiger partial charge in [-0.25, -0.2) is 8.78 Å². The lowest BCUT2D eigenvalue weighted by atomic mass is 10.1. The Bertz CT molecular complexity index is 465. The van der Waals surface area contributed by atoms with Crippen LogP contribution >= 0.6 is 0 Å². The van der Waals surface area contributed by atoms with Crippen molar-refractivity contribution in [2.24, 2.45) is 0 Å². The summed E-state index contributed by atoms with van der Waals surface area (Å²) in [5.41, 5.74) is -0.779. The molecule has 0 aliphatic carbocycles. The van der Waals surface area contributed by atoms with Gasteiger partial charge >= 0.3 is 0 Å². The number of carbonyl (C=O) groups excluding carboxylic acids is 1. The first kappa shape index (κ1) is 14.0. The Kier molecular flexibility index (Phi) is 4.27. The summed E-state index contributed by atoms with van der Waals surface area (Å²) in [6.45, 7) is -2.50. The first-order valence-electron chi connectivity index (χ1n) is 4.88. The minimum atomic E-state index is -3.46. The SMILES string of the molecule is O=C(NCC(F)(F)CO)c1ccccc1[N+](=O)[O-]. The third kappa shape index (κ3) is 3.45. The number of aliphatic hydroxyl groups is 1. The standard InChI is InChI=1S/C10H10F2N2O4/c11-10(12,6-15)5-13-9(16)7-3-1-2-4-8(7)14(17)18/h1-4,15H,5-6H2,(H,13,16). The summed E-state index contributed by atoms with van der Waals surface area (Å²) >= 11 is 0. The zero-order chi connectivity index (χ0) is 13.8. The average molecular weight is 260 g/mol. The molecule has 0 saturated carbocycles. The maximum atomic E-state index is 12.7. The molecule has 0 aliphatic rings. The van der Waals surface area contributed by atoms with Crippen molar-refractivity contribution in [2.45, 2.75) is 5.92 Å². The number of halogens is 2. The van der Waals surface area contributed by atoms with E-state index in [1.807, 2.05) is 5.32 Å². The van der Waals surface area contributed by atoms with E-state index in [-0.39, 0.29) is 5.56 Å². The van der Waals surface area contributed by atoms with Crippen LogP contribution in [-0.2, 0) is 0 Å². The molecule has 1 aromatic carbocycles. The van der Waals surface area contributed by atoms with Crippen molar-refractivity contribution < 1.29 is 23.6 Å². The smallest absolute Gasteiger partial charge is 0.287 e. The molecule has 8 heteroatoms. The van der Waals surface area contributed by atoms with Gasteiger partial charge in [0.2, 0.25) is 0 Å². The highest BCUT2D eigenvalue weighted by Gasteiger charge is 2.29.